The molecule has 0 aromatic rings. The van der Waals surface area contributed by atoms with Crippen LogP contribution in [0.3, 0.4) is 0 Å². The van der Waals surface area contributed by atoms with Crippen molar-refractivity contribution in [3.63, 3.8) is 0 Å². The number of rotatable bonds is 23. The number of carboxylic acid groups (broad SMARTS) is 2. The number of amides is 7. The van der Waals surface area contributed by atoms with Crippen LogP contribution in [0.25, 0.3) is 0 Å². The smallest absolute Gasteiger partial charge is 0.326 e. The first-order chi connectivity index (χ1) is 24.3. The van der Waals surface area contributed by atoms with Gasteiger partial charge in [0.05, 0.1) is 6.04 Å². The Balaban J connectivity index is 3.01. The fraction of sp³-hybridized carbons (Fsp3) is 0.719. The van der Waals surface area contributed by atoms with Gasteiger partial charge in [0.1, 0.15) is 36.3 Å². The van der Waals surface area contributed by atoms with Gasteiger partial charge in [-0.2, -0.15) is 0 Å². The van der Waals surface area contributed by atoms with Crippen molar-refractivity contribution in [1.29, 1.82) is 0 Å². The van der Waals surface area contributed by atoms with Gasteiger partial charge in [-0.15, -0.1) is 0 Å². The SMILES string of the molecule is CC(C)[C@H](NC(=O)[C@H](C)NC(=O)[C@@H](N)CCC(=O)O)C(=O)N1CCC[C@H]1C(=O)N[C@@H](CCC(N)=O)C(=O)N[C@@H](C)C(=O)N[C@@H](CCCCN)C(=O)O. The van der Waals surface area contributed by atoms with Crippen LogP contribution in [0.1, 0.15) is 85.5 Å². The lowest BCUT2D eigenvalue weighted by molar-refractivity contribution is -0.143. The molecule has 1 rings (SSSR count). The Kier molecular flexibility index (Phi) is 19.3. The highest BCUT2D eigenvalue weighted by molar-refractivity contribution is 5.97. The second-order valence-electron chi connectivity index (χ2n) is 13.2. The minimum absolute atomic E-state index is 0.120. The van der Waals surface area contributed by atoms with Crippen LogP contribution in [0.5, 0.6) is 0 Å². The van der Waals surface area contributed by atoms with Crippen LogP contribution < -0.4 is 43.8 Å². The number of likely N-dealkylation sites (tertiary alicyclic amines) is 1. The molecule has 0 bridgehead atoms. The molecular weight excluding hydrogens is 686 g/mol. The van der Waals surface area contributed by atoms with E-state index < -0.39 is 101 Å². The van der Waals surface area contributed by atoms with Gasteiger partial charge in [-0.3, -0.25) is 38.4 Å². The van der Waals surface area contributed by atoms with Gasteiger partial charge in [-0.05, 0) is 71.3 Å². The number of carboxylic acids is 2. The van der Waals surface area contributed by atoms with Crippen LogP contribution in [0.4, 0.5) is 0 Å². The largest absolute Gasteiger partial charge is 0.481 e. The van der Waals surface area contributed by atoms with Gasteiger partial charge in [0.2, 0.25) is 41.4 Å². The summed E-state index contributed by atoms with van der Waals surface area (Å²) < 4.78 is 0. The molecule has 13 N–H and O–H groups in total. The molecule has 0 spiro atoms. The average molecular weight is 742 g/mol. The lowest BCUT2D eigenvalue weighted by Crippen LogP contribution is -2.60. The number of primary amides is 1. The summed E-state index contributed by atoms with van der Waals surface area (Å²) in [5.41, 5.74) is 16.4. The highest BCUT2D eigenvalue weighted by Crippen LogP contribution is 2.21. The van der Waals surface area contributed by atoms with Gasteiger partial charge in [0, 0.05) is 19.4 Å². The number of nitrogens with zero attached hydrogens (tertiary/aromatic N) is 1. The van der Waals surface area contributed by atoms with Crippen molar-refractivity contribution >= 4 is 53.3 Å². The van der Waals surface area contributed by atoms with Crippen molar-refractivity contribution in [2.24, 2.45) is 23.1 Å². The van der Waals surface area contributed by atoms with Crippen LogP contribution in [0, 0.1) is 5.92 Å². The van der Waals surface area contributed by atoms with Gasteiger partial charge in [-0.1, -0.05) is 13.8 Å². The van der Waals surface area contributed by atoms with Crippen molar-refractivity contribution in [3.8, 4) is 0 Å². The third-order valence-electron chi connectivity index (χ3n) is 8.45. The number of carbonyl (C=O) groups excluding carboxylic acids is 7. The van der Waals surface area contributed by atoms with Crippen molar-refractivity contribution in [2.45, 2.75) is 128 Å². The summed E-state index contributed by atoms with van der Waals surface area (Å²) in [7, 11) is 0. The van der Waals surface area contributed by atoms with Gasteiger partial charge < -0.3 is 58.9 Å². The van der Waals surface area contributed by atoms with E-state index in [0.717, 1.165) is 0 Å². The molecule has 1 saturated heterocycles. The van der Waals surface area contributed by atoms with E-state index in [4.69, 9.17) is 22.3 Å². The Morgan fingerprint density at radius 1 is 0.731 bits per heavy atom. The molecule has 0 aliphatic carbocycles. The molecule has 7 atom stereocenters. The molecule has 0 saturated carbocycles. The third kappa shape index (κ3) is 15.2. The Bertz CT molecular complexity index is 1310. The van der Waals surface area contributed by atoms with Crippen molar-refractivity contribution in [2.75, 3.05) is 13.1 Å². The number of carbonyl (C=O) groups is 9. The van der Waals surface area contributed by atoms with E-state index in [-0.39, 0.29) is 45.1 Å². The maximum absolute atomic E-state index is 13.7. The van der Waals surface area contributed by atoms with Gasteiger partial charge in [0.25, 0.3) is 0 Å². The first-order valence-electron chi connectivity index (χ1n) is 17.3. The summed E-state index contributed by atoms with van der Waals surface area (Å²) in [4.78, 5) is 114. The van der Waals surface area contributed by atoms with Crippen LogP contribution in [0.15, 0.2) is 0 Å². The normalized spacial score (nSPS) is 17.4. The maximum atomic E-state index is 13.7. The summed E-state index contributed by atoms with van der Waals surface area (Å²) in [6.07, 6.45) is 0.694. The first kappa shape index (κ1) is 45.2. The Labute approximate surface area is 302 Å². The summed E-state index contributed by atoms with van der Waals surface area (Å²) >= 11 is 0. The van der Waals surface area contributed by atoms with Crippen molar-refractivity contribution in [3.05, 3.63) is 0 Å². The van der Waals surface area contributed by atoms with Gasteiger partial charge in [-0.25, -0.2) is 4.79 Å². The third-order valence-corrected chi connectivity index (χ3v) is 8.45. The zero-order chi connectivity index (χ0) is 39.7. The highest BCUT2D eigenvalue weighted by atomic mass is 16.4. The molecule has 1 fully saturated rings. The summed E-state index contributed by atoms with van der Waals surface area (Å²) in [6, 6.07) is -8.32. The van der Waals surface area contributed by atoms with Gasteiger partial charge in [0.15, 0.2) is 0 Å². The molecule has 0 aromatic heterocycles. The molecule has 20 nitrogen and oxygen atoms in total. The van der Waals surface area contributed by atoms with Crippen molar-refractivity contribution < 1.29 is 53.4 Å². The lowest BCUT2D eigenvalue weighted by atomic mass is 10.0. The van der Waals surface area contributed by atoms with Crippen LogP contribution in [-0.2, 0) is 43.2 Å². The van der Waals surface area contributed by atoms with Crippen molar-refractivity contribution in [1.82, 2.24) is 31.5 Å². The standard InChI is InChI=1S/C32H55N9O11/c1-16(2)25(40-27(46)18(4)36-28(47)19(34)10-13-24(43)44)31(50)41-15-7-9-22(41)30(49)38-20(11-12-23(35)42)29(48)37-17(3)26(45)39-21(32(51)52)8-5-6-14-33/h16-22,25H,5-15,33-34H2,1-4H3,(H2,35,42)(H,36,47)(H,37,48)(H,38,49)(H,39,45)(H,40,46)(H,43,44)(H,51,52)/t17-,18-,19-,20-,21-,22-,25-/m0/s1. The predicted octanol–water partition coefficient (Wildman–Crippen LogP) is -3.23. The molecule has 0 aromatic carbocycles. The molecule has 1 aliphatic rings. The van der Waals surface area contributed by atoms with Gasteiger partial charge >= 0.3 is 11.9 Å². The molecule has 7 amide bonds. The van der Waals surface area contributed by atoms with E-state index in [2.05, 4.69) is 26.6 Å². The zero-order valence-corrected chi connectivity index (χ0v) is 30.1. The molecule has 1 heterocycles. The lowest BCUT2D eigenvalue weighted by Gasteiger charge is -2.32. The highest BCUT2D eigenvalue weighted by Gasteiger charge is 2.40. The van der Waals surface area contributed by atoms with E-state index in [1.165, 1.54) is 18.7 Å². The number of hydrogen-bond donors (Lipinski definition) is 10. The summed E-state index contributed by atoms with van der Waals surface area (Å²) in [5.74, 6) is -8.08. The second kappa shape index (κ2) is 22.2. The first-order valence-corrected chi connectivity index (χ1v) is 17.3. The number of nitrogens with two attached hydrogens (primary N) is 3. The molecule has 0 radical (unpaired) electrons. The van der Waals surface area contributed by atoms with Crippen LogP contribution >= 0.6 is 0 Å². The predicted molar refractivity (Wildman–Crippen MR) is 184 cm³/mol. The van der Waals surface area contributed by atoms with E-state index in [1.807, 2.05) is 0 Å². The zero-order valence-electron chi connectivity index (χ0n) is 30.1. The second-order valence-corrected chi connectivity index (χ2v) is 13.2. The molecule has 52 heavy (non-hydrogen) atoms. The Hall–Kier alpha value is -4.85. The van der Waals surface area contributed by atoms with E-state index in [9.17, 15) is 48.3 Å². The summed E-state index contributed by atoms with van der Waals surface area (Å²) in [6.45, 7) is 6.51. The quantitative estimate of drug-likeness (QED) is 0.0461. The van der Waals surface area contributed by atoms with E-state index >= 15 is 0 Å². The minimum atomic E-state index is -1.36. The van der Waals surface area contributed by atoms with E-state index in [1.54, 1.807) is 13.8 Å². The van der Waals surface area contributed by atoms with Crippen LogP contribution in [0.2, 0.25) is 0 Å². The number of unbranched alkanes of at least 4 members (excludes halogenated alkanes) is 1. The summed E-state index contributed by atoms with van der Waals surface area (Å²) in [5, 5.41) is 30.6. The average Bonchev–Trinajstić information content (AvgIpc) is 3.56. The molecule has 20 heteroatoms. The fourth-order valence-corrected chi connectivity index (χ4v) is 5.32. The number of hydrogen-bond acceptors (Lipinski definition) is 11. The molecule has 294 valence electrons. The monoisotopic (exact) mass is 741 g/mol. The molecule has 0 unspecified atom stereocenters. The Morgan fingerprint density at radius 2 is 1.33 bits per heavy atom. The minimum Gasteiger partial charge on any atom is -0.481 e. The topological polar surface area (TPSA) is 336 Å². The number of nitrogens with one attached hydrogen (secondary N) is 5. The van der Waals surface area contributed by atoms with E-state index in [0.29, 0.717) is 25.8 Å². The molecular formula is C32H55N9O11. The maximum Gasteiger partial charge on any atom is 0.326 e. The number of aliphatic carboxylic acids is 2. The molecule has 1 aliphatic heterocycles. The fourth-order valence-electron chi connectivity index (χ4n) is 5.32. The van der Waals surface area contributed by atoms with Crippen LogP contribution in [-0.4, -0.2) is 124 Å². The Morgan fingerprint density at radius 3 is 1.87 bits per heavy atom.